The van der Waals surface area contributed by atoms with E-state index in [9.17, 15) is 9.59 Å². The van der Waals surface area contributed by atoms with Crippen LogP contribution in [0.4, 0.5) is 11.4 Å². The van der Waals surface area contributed by atoms with Crippen LogP contribution in [0.5, 0.6) is 0 Å². The van der Waals surface area contributed by atoms with E-state index >= 15 is 0 Å². The normalized spacial score (nSPS) is 14.7. The number of carboxylic acids is 1. The summed E-state index contributed by atoms with van der Waals surface area (Å²) in [6.45, 7) is 0.911. The molecule has 1 aliphatic rings. The van der Waals surface area contributed by atoms with Crippen LogP contribution in [-0.2, 0) is 9.59 Å². The van der Waals surface area contributed by atoms with Crippen molar-refractivity contribution in [3.8, 4) is 0 Å². The molecule has 1 aliphatic heterocycles. The first kappa shape index (κ1) is 12.9. The summed E-state index contributed by atoms with van der Waals surface area (Å²) in [5.74, 6) is -0.890. The lowest BCUT2D eigenvalue weighted by Gasteiger charge is -2.24. The van der Waals surface area contributed by atoms with Gasteiger partial charge in [0.05, 0.1) is 17.8 Å². The van der Waals surface area contributed by atoms with Gasteiger partial charge in [-0.15, -0.1) is 0 Å². The first-order chi connectivity index (χ1) is 8.58. The molecule has 0 fully saturated rings. The number of carboxylic acid groups (broad SMARTS) is 1. The highest BCUT2D eigenvalue weighted by molar-refractivity contribution is 9.10. The molecule has 2 rings (SSSR count). The van der Waals surface area contributed by atoms with E-state index in [1.165, 1.54) is 0 Å². The molecular formula is C12H13BrN2O3. The summed E-state index contributed by atoms with van der Waals surface area (Å²) in [7, 11) is 0. The maximum absolute atomic E-state index is 11.6. The number of para-hydroxylation sites is 1. The Kier molecular flexibility index (Phi) is 3.86. The third-order valence-electron chi connectivity index (χ3n) is 2.78. The van der Waals surface area contributed by atoms with Crippen LogP contribution in [0.1, 0.15) is 12.8 Å². The summed E-state index contributed by atoms with van der Waals surface area (Å²) in [4.78, 5) is 24.2. The van der Waals surface area contributed by atoms with Crippen molar-refractivity contribution in [2.45, 2.75) is 12.8 Å². The minimum Gasteiger partial charge on any atom is -0.481 e. The number of nitrogens with zero attached hydrogens (tertiary/aromatic N) is 1. The van der Waals surface area contributed by atoms with Crippen molar-refractivity contribution in [1.82, 2.24) is 0 Å². The Morgan fingerprint density at radius 1 is 1.50 bits per heavy atom. The van der Waals surface area contributed by atoms with Gasteiger partial charge in [-0.05, 0) is 28.1 Å². The molecule has 6 heteroatoms. The maximum Gasteiger partial charge on any atom is 0.305 e. The van der Waals surface area contributed by atoms with Gasteiger partial charge in [-0.25, -0.2) is 0 Å². The molecule has 0 aliphatic carbocycles. The molecule has 0 bridgehead atoms. The van der Waals surface area contributed by atoms with E-state index in [-0.39, 0.29) is 12.3 Å². The third kappa shape index (κ3) is 2.81. The van der Waals surface area contributed by atoms with E-state index < -0.39 is 5.97 Å². The SMILES string of the molecule is O=C(O)CCN1CCC(=O)Nc2cccc(Br)c21. The van der Waals surface area contributed by atoms with E-state index in [2.05, 4.69) is 21.2 Å². The fourth-order valence-electron chi connectivity index (χ4n) is 1.95. The number of anilines is 2. The molecule has 5 nitrogen and oxygen atoms in total. The van der Waals surface area contributed by atoms with Gasteiger partial charge in [-0.3, -0.25) is 9.59 Å². The summed E-state index contributed by atoms with van der Waals surface area (Å²) in [6, 6.07) is 5.53. The number of carbonyl (C=O) groups is 2. The number of carbonyl (C=O) groups excluding carboxylic acids is 1. The first-order valence-corrected chi connectivity index (χ1v) is 6.42. The fraction of sp³-hybridized carbons (Fsp3) is 0.333. The van der Waals surface area contributed by atoms with Gasteiger partial charge in [0.15, 0.2) is 0 Å². The predicted octanol–water partition coefficient (Wildman–Crippen LogP) is 2.07. The van der Waals surface area contributed by atoms with Crippen molar-refractivity contribution in [2.75, 3.05) is 23.3 Å². The van der Waals surface area contributed by atoms with Gasteiger partial charge >= 0.3 is 5.97 Å². The molecule has 0 atom stereocenters. The van der Waals surface area contributed by atoms with E-state index in [4.69, 9.17) is 5.11 Å². The monoisotopic (exact) mass is 312 g/mol. The van der Waals surface area contributed by atoms with Gasteiger partial charge in [-0.2, -0.15) is 0 Å². The summed E-state index contributed by atoms with van der Waals surface area (Å²) >= 11 is 3.44. The van der Waals surface area contributed by atoms with E-state index in [1.807, 2.05) is 23.1 Å². The number of hydrogen-bond donors (Lipinski definition) is 2. The van der Waals surface area contributed by atoms with Crippen LogP contribution in [0.2, 0.25) is 0 Å². The van der Waals surface area contributed by atoms with Gasteiger partial charge in [-0.1, -0.05) is 6.07 Å². The second-order valence-corrected chi connectivity index (χ2v) is 4.92. The summed E-state index contributed by atoms with van der Waals surface area (Å²) in [5, 5.41) is 11.6. The Hall–Kier alpha value is -1.56. The standard InChI is InChI=1S/C12H13BrN2O3/c13-8-2-1-3-9-12(8)15(7-5-11(17)18)6-4-10(16)14-9/h1-3H,4-7H2,(H,14,16)(H,17,18). The number of nitrogens with one attached hydrogen (secondary N) is 1. The molecule has 1 aromatic rings. The van der Waals surface area contributed by atoms with Crippen molar-refractivity contribution >= 4 is 39.2 Å². The lowest BCUT2D eigenvalue weighted by atomic mass is 10.2. The van der Waals surface area contributed by atoms with Gasteiger partial charge in [0.2, 0.25) is 5.91 Å². The molecule has 0 saturated heterocycles. The number of fused-ring (bicyclic) bond motifs is 1. The first-order valence-electron chi connectivity index (χ1n) is 5.63. The zero-order valence-electron chi connectivity index (χ0n) is 9.65. The molecule has 0 saturated carbocycles. The fourth-order valence-corrected chi connectivity index (χ4v) is 2.57. The van der Waals surface area contributed by atoms with Crippen LogP contribution in [0.3, 0.4) is 0 Å². The van der Waals surface area contributed by atoms with E-state index in [0.29, 0.717) is 19.5 Å². The van der Waals surface area contributed by atoms with Crippen LogP contribution in [-0.4, -0.2) is 30.1 Å². The molecule has 0 aromatic heterocycles. The minimum absolute atomic E-state index is 0.0489. The molecule has 1 aromatic carbocycles. The van der Waals surface area contributed by atoms with Crippen molar-refractivity contribution in [2.24, 2.45) is 0 Å². The number of hydrogen-bond acceptors (Lipinski definition) is 3. The van der Waals surface area contributed by atoms with Gasteiger partial charge < -0.3 is 15.3 Å². The predicted molar refractivity (Wildman–Crippen MR) is 71.9 cm³/mol. The van der Waals surface area contributed by atoms with Crippen LogP contribution in [0, 0.1) is 0 Å². The highest BCUT2D eigenvalue weighted by atomic mass is 79.9. The van der Waals surface area contributed by atoms with Crippen molar-refractivity contribution < 1.29 is 14.7 Å². The summed E-state index contributed by atoms with van der Waals surface area (Å²) in [5.41, 5.74) is 1.57. The minimum atomic E-state index is -0.841. The summed E-state index contributed by atoms with van der Waals surface area (Å²) < 4.78 is 0.854. The van der Waals surface area contributed by atoms with E-state index in [1.54, 1.807) is 0 Å². The number of rotatable bonds is 3. The molecular weight excluding hydrogens is 300 g/mol. The quantitative estimate of drug-likeness (QED) is 0.896. The maximum atomic E-state index is 11.6. The van der Waals surface area contributed by atoms with Gasteiger partial charge in [0, 0.05) is 24.0 Å². The molecule has 0 radical (unpaired) electrons. The Labute approximate surface area is 113 Å². The molecule has 1 amide bonds. The van der Waals surface area contributed by atoms with Crippen LogP contribution in [0.15, 0.2) is 22.7 Å². The highest BCUT2D eigenvalue weighted by Gasteiger charge is 2.21. The van der Waals surface area contributed by atoms with Crippen molar-refractivity contribution in [1.29, 1.82) is 0 Å². The molecule has 0 spiro atoms. The van der Waals surface area contributed by atoms with Gasteiger partial charge in [0.1, 0.15) is 0 Å². The topological polar surface area (TPSA) is 69.6 Å². The Bertz CT molecular complexity index is 490. The largest absolute Gasteiger partial charge is 0.481 e. The molecule has 0 unspecified atom stereocenters. The molecule has 96 valence electrons. The van der Waals surface area contributed by atoms with Crippen LogP contribution in [0.25, 0.3) is 0 Å². The van der Waals surface area contributed by atoms with Crippen LogP contribution >= 0.6 is 15.9 Å². The lowest BCUT2D eigenvalue weighted by Crippen LogP contribution is -2.27. The average Bonchev–Trinajstić information content (AvgIpc) is 2.46. The Balaban J connectivity index is 2.32. The number of aliphatic carboxylic acids is 1. The second kappa shape index (κ2) is 5.39. The van der Waals surface area contributed by atoms with Crippen molar-refractivity contribution in [3.05, 3.63) is 22.7 Å². The molecule has 18 heavy (non-hydrogen) atoms. The second-order valence-electron chi connectivity index (χ2n) is 4.06. The Morgan fingerprint density at radius 3 is 3.00 bits per heavy atom. The van der Waals surface area contributed by atoms with E-state index in [0.717, 1.165) is 15.8 Å². The lowest BCUT2D eigenvalue weighted by molar-refractivity contribution is -0.136. The Morgan fingerprint density at radius 2 is 2.28 bits per heavy atom. The molecule has 1 heterocycles. The zero-order valence-corrected chi connectivity index (χ0v) is 11.2. The third-order valence-corrected chi connectivity index (χ3v) is 3.42. The van der Waals surface area contributed by atoms with Gasteiger partial charge in [0.25, 0.3) is 0 Å². The number of amides is 1. The highest BCUT2D eigenvalue weighted by Crippen LogP contribution is 2.35. The number of benzene rings is 1. The smallest absolute Gasteiger partial charge is 0.305 e. The summed E-state index contributed by atoms with van der Waals surface area (Å²) in [6.07, 6.45) is 0.412. The van der Waals surface area contributed by atoms with Crippen molar-refractivity contribution in [3.63, 3.8) is 0 Å². The average molecular weight is 313 g/mol. The number of halogens is 1. The zero-order chi connectivity index (χ0) is 13.1. The van der Waals surface area contributed by atoms with Crippen LogP contribution < -0.4 is 10.2 Å². The molecule has 2 N–H and O–H groups in total.